The first kappa shape index (κ1) is 19.7. The molecule has 0 saturated heterocycles. The van der Waals surface area contributed by atoms with Crippen molar-refractivity contribution in [3.05, 3.63) is 75.0 Å². The minimum atomic E-state index is 0.491. The molecule has 3 rings (SSSR count). The molecule has 0 aliphatic carbocycles. The van der Waals surface area contributed by atoms with Crippen LogP contribution in [-0.2, 0) is 6.54 Å². The fraction of sp³-hybridized carbons (Fsp3) is 0.200. The largest absolute Gasteiger partial charge is 0.332 e. The van der Waals surface area contributed by atoms with Crippen LogP contribution in [0, 0.1) is 20.8 Å². The highest BCUT2D eigenvalue weighted by atomic mass is 35.5. The molecule has 7 heteroatoms. The summed E-state index contributed by atoms with van der Waals surface area (Å²) in [5, 5.41) is 12.8. The monoisotopic (exact) mass is 418 g/mol. The van der Waals surface area contributed by atoms with Crippen molar-refractivity contribution in [1.82, 2.24) is 9.78 Å². The molecule has 0 radical (unpaired) electrons. The Balaban J connectivity index is 1.77. The maximum atomic E-state index is 6.29. The van der Waals surface area contributed by atoms with Crippen molar-refractivity contribution in [1.29, 1.82) is 0 Å². The van der Waals surface area contributed by atoms with Gasteiger partial charge in [-0.25, -0.2) is 0 Å². The van der Waals surface area contributed by atoms with Crippen molar-refractivity contribution in [2.75, 3.05) is 10.6 Å². The molecule has 3 aromatic rings. The van der Waals surface area contributed by atoms with Crippen LogP contribution in [0.15, 0.2) is 42.5 Å². The van der Waals surface area contributed by atoms with E-state index in [0.717, 1.165) is 28.3 Å². The minimum absolute atomic E-state index is 0.491. The van der Waals surface area contributed by atoms with E-state index in [1.165, 1.54) is 5.56 Å². The van der Waals surface area contributed by atoms with Gasteiger partial charge < -0.3 is 10.6 Å². The van der Waals surface area contributed by atoms with E-state index >= 15 is 0 Å². The van der Waals surface area contributed by atoms with Gasteiger partial charge in [0.25, 0.3) is 0 Å². The number of anilines is 2. The molecule has 140 valence electrons. The lowest BCUT2D eigenvalue weighted by Gasteiger charge is -2.12. The smallest absolute Gasteiger partial charge is 0.175 e. The van der Waals surface area contributed by atoms with Gasteiger partial charge in [0.2, 0.25) is 0 Å². The summed E-state index contributed by atoms with van der Waals surface area (Å²) in [5.74, 6) is 0. The average molecular weight is 419 g/mol. The van der Waals surface area contributed by atoms with Crippen molar-refractivity contribution >= 4 is 51.9 Å². The van der Waals surface area contributed by atoms with Gasteiger partial charge in [0, 0.05) is 21.3 Å². The number of nitrogens with one attached hydrogen (secondary N) is 2. The molecule has 4 nitrogen and oxygen atoms in total. The summed E-state index contributed by atoms with van der Waals surface area (Å²) < 4.78 is 1.87. The molecule has 0 saturated carbocycles. The lowest BCUT2D eigenvalue weighted by Crippen LogP contribution is -2.20. The van der Waals surface area contributed by atoms with Gasteiger partial charge in [0.05, 0.1) is 23.6 Å². The van der Waals surface area contributed by atoms with Crippen LogP contribution in [0.3, 0.4) is 0 Å². The van der Waals surface area contributed by atoms with Gasteiger partial charge in [-0.2, -0.15) is 5.10 Å². The summed E-state index contributed by atoms with van der Waals surface area (Å²) in [6, 6.07) is 13.5. The van der Waals surface area contributed by atoms with Gasteiger partial charge in [0.15, 0.2) is 5.11 Å². The molecule has 2 N–H and O–H groups in total. The van der Waals surface area contributed by atoms with E-state index < -0.39 is 0 Å². The Morgan fingerprint density at radius 2 is 1.63 bits per heavy atom. The molecule has 0 bridgehead atoms. The van der Waals surface area contributed by atoms with Crippen LogP contribution in [-0.4, -0.2) is 14.9 Å². The SMILES string of the molecule is Cc1ccc(NC(=S)Nc2c(C)nn(Cc3c(Cl)cccc3Cl)c2C)cc1. The van der Waals surface area contributed by atoms with E-state index in [1.54, 1.807) is 0 Å². The molecule has 0 fully saturated rings. The summed E-state index contributed by atoms with van der Waals surface area (Å²) in [7, 11) is 0. The highest BCUT2D eigenvalue weighted by Crippen LogP contribution is 2.27. The van der Waals surface area contributed by atoms with Gasteiger partial charge in [-0.05, 0) is 57.3 Å². The second-order valence-electron chi connectivity index (χ2n) is 6.35. The maximum Gasteiger partial charge on any atom is 0.175 e. The van der Waals surface area contributed by atoms with Gasteiger partial charge in [-0.1, -0.05) is 47.0 Å². The van der Waals surface area contributed by atoms with E-state index in [-0.39, 0.29) is 0 Å². The fourth-order valence-corrected chi connectivity index (χ4v) is 3.51. The number of benzene rings is 2. The Morgan fingerprint density at radius 1 is 1.00 bits per heavy atom. The minimum Gasteiger partial charge on any atom is -0.332 e. The van der Waals surface area contributed by atoms with Gasteiger partial charge >= 0.3 is 0 Å². The summed E-state index contributed by atoms with van der Waals surface area (Å²) in [4.78, 5) is 0. The number of aromatic nitrogens is 2. The van der Waals surface area contributed by atoms with Gasteiger partial charge in [-0.15, -0.1) is 0 Å². The zero-order valence-electron chi connectivity index (χ0n) is 15.3. The molecular formula is C20H20Cl2N4S. The summed E-state index contributed by atoms with van der Waals surface area (Å²) in [6.45, 7) is 6.47. The van der Waals surface area contributed by atoms with Crippen LogP contribution in [0.4, 0.5) is 11.4 Å². The quantitative estimate of drug-likeness (QED) is 0.511. The molecule has 0 aliphatic heterocycles. The average Bonchev–Trinajstić information content (AvgIpc) is 2.88. The topological polar surface area (TPSA) is 41.9 Å². The second-order valence-corrected chi connectivity index (χ2v) is 7.57. The van der Waals surface area contributed by atoms with Crippen LogP contribution in [0.5, 0.6) is 0 Å². The molecule has 27 heavy (non-hydrogen) atoms. The van der Waals surface area contributed by atoms with E-state index in [9.17, 15) is 0 Å². The number of nitrogens with zero attached hydrogens (tertiary/aromatic N) is 2. The Hall–Kier alpha value is -2.08. The molecule has 0 unspecified atom stereocenters. The lowest BCUT2D eigenvalue weighted by molar-refractivity contribution is 0.659. The van der Waals surface area contributed by atoms with Gasteiger partial charge in [-0.3, -0.25) is 4.68 Å². The fourth-order valence-electron chi connectivity index (χ4n) is 2.78. The molecule has 0 spiro atoms. The normalized spacial score (nSPS) is 10.7. The highest BCUT2D eigenvalue weighted by molar-refractivity contribution is 7.80. The number of rotatable bonds is 4. The van der Waals surface area contributed by atoms with Crippen molar-refractivity contribution in [2.24, 2.45) is 0 Å². The van der Waals surface area contributed by atoms with Crippen molar-refractivity contribution in [2.45, 2.75) is 27.3 Å². The third-order valence-corrected chi connectivity index (χ3v) is 5.21. The first-order valence-corrected chi connectivity index (χ1v) is 9.63. The Morgan fingerprint density at radius 3 is 2.26 bits per heavy atom. The van der Waals surface area contributed by atoms with Crippen LogP contribution >= 0.6 is 35.4 Å². The number of aryl methyl sites for hydroxylation is 2. The van der Waals surface area contributed by atoms with Crippen LogP contribution in [0.2, 0.25) is 10.0 Å². The van der Waals surface area contributed by atoms with E-state index in [2.05, 4.69) is 15.7 Å². The molecule has 0 atom stereocenters. The van der Waals surface area contributed by atoms with Crippen LogP contribution in [0.1, 0.15) is 22.5 Å². The van der Waals surface area contributed by atoms with Gasteiger partial charge in [0.1, 0.15) is 0 Å². The summed E-state index contributed by atoms with van der Waals surface area (Å²) in [6.07, 6.45) is 0. The Labute approximate surface area is 174 Å². The molecule has 1 aromatic heterocycles. The van der Waals surface area contributed by atoms with E-state index in [0.29, 0.717) is 21.7 Å². The molecule has 0 aliphatic rings. The van der Waals surface area contributed by atoms with E-state index in [4.69, 9.17) is 35.4 Å². The Bertz CT molecular complexity index is 960. The van der Waals surface area contributed by atoms with Crippen molar-refractivity contribution in [3.63, 3.8) is 0 Å². The molecule has 1 heterocycles. The number of hydrogen-bond acceptors (Lipinski definition) is 2. The first-order chi connectivity index (χ1) is 12.8. The first-order valence-electron chi connectivity index (χ1n) is 8.46. The lowest BCUT2D eigenvalue weighted by atomic mass is 10.2. The van der Waals surface area contributed by atoms with Crippen molar-refractivity contribution < 1.29 is 0 Å². The Kier molecular flexibility index (Phi) is 6.05. The number of thiocarbonyl (C=S) groups is 1. The maximum absolute atomic E-state index is 6.29. The zero-order valence-corrected chi connectivity index (χ0v) is 17.6. The van der Waals surface area contributed by atoms with E-state index in [1.807, 2.05) is 67.9 Å². The predicted molar refractivity (Wildman–Crippen MR) is 118 cm³/mol. The zero-order chi connectivity index (χ0) is 19.6. The van der Waals surface area contributed by atoms with Crippen LogP contribution < -0.4 is 10.6 Å². The number of halogens is 2. The highest BCUT2D eigenvalue weighted by Gasteiger charge is 2.15. The molecule has 2 aromatic carbocycles. The van der Waals surface area contributed by atoms with Crippen molar-refractivity contribution in [3.8, 4) is 0 Å². The molecule has 0 amide bonds. The van der Waals surface area contributed by atoms with Crippen LogP contribution in [0.25, 0.3) is 0 Å². The predicted octanol–water partition coefficient (Wildman–Crippen LogP) is 5.97. The summed E-state index contributed by atoms with van der Waals surface area (Å²) >= 11 is 18.0. The second kappa shape index (κ2) is 8.30. The third-order valence-electron chi connectivity index (χ3n) is 4.30. The standard InChI is InChI=1S/C20H20Cl2N4S/c1-12-7-9-15(10-8-12)23-20(27)24-19-13(2)25-26(14(19)3)11-16-17(21)5-4-6-18(16)22/h4-10H,11H2,1-3H3,(H2,23,24,27). The third kappa shape index (κ3) is 4.61. The summed E-state index contributed by atoms with van der Waals surface area (Å²) in [5.41, 5.74) is 5.66. The number of hydrogen-bond donors (Lipinski definition) is 2. The molecular weight excluding hydrogens is 399 g/mol.